The first-order valence-electron chi connectivity index (χ1n) is 4.86. The molecule has 2 rings (SSSR count). The van der Waals surface area contributed by atoms with Gasteiger partial charge in [-0.3, -0.25) is 4.68 Å². The summed E-state index contributed by atoms with van der Waals surface area (Å²) in [6.07, 6.45) is 5.75. The highest BCUT2D eigenvalue weighted by molar-refractivity contribution is 9.10. The Morgan fingerprint density at radius 3 is 3.07 bits per heavy atom. The van der Waals surface area contributed by atoms with E-state index in [2.05, 4.69) is 21.0 Å². The third kappa shape index (κ3) is 2.27. The molecule has 0 saturated carbocycles. The first kappa shape index (κ1) is 9.98. The normalized spacial score (nSPS) is 22.5. The molecule has 1 aromatic rings. The minimum Gasteiger partial charge on any atom is -0.381 e. The van der Waals surface area contributed by atoms with Crippen molar-refractivity contribution in [2.24, 2.45) is 0 Å². The molecule has 1 saturated heterocycles. The molecule has 2 N–H and O–H groups in total. The van der Waals surface area contributed by atoms with Crippen molar-refractivity contribution in [3.63, 3.8) is 0 Å². The highest BCUT2D eigenvalue weighted by Gasteiger charge is 2.15. The van der Waals surface area contributed by atoms with Crippen LogP contribution in [0.2, 0.25) is 0 Å². The van der Waals surface area contributed by atoms with Crippen LogP contribution in [0.3, 0.4) is 0 Å². The molecule has 1 atom stereocenters. The van der Waals surface area contributed by atoms with E-state index in [1.807, 2.05) is 10.9 Å². The zero-order chi connectivity index (χ0) is 9.97. The molecule has 1 fully saturated rings. The Kier molecular flexibility index (Phi) is 3.08. The van der Waals surface area contributed by atoms with Gasteiger partial charge in [0, 0.05) is 12.8 Å². The number of nitrogen functional groups attached to an aromatic ring is 1. The number of rotatable bonds is 2. The predicted molar refractivity (Wildman–Crippen MR) is 57.9 cm³/mol. The molecule has 78 valence electrons. The SMILES string of the molecule is Nc1nn(CC2CCCCO2)cc1Br. The van der Waals surface area contributed by atoms with Gasteiger partial charge in [-0.15, -0.1) is 0 Å². The van der Waals surface area contributed by atoms with E-state index in [1.165, 1.54) is 12.8 Å². The van der Waals surface area contributed by atoms with Gasteiger partial charge in [0.05, 0.1) is 17.1 Å². The summed E-state index contributed by atoms with van der Waals surface area (Å²) in [5.41, 5.74) is 5.63. The van der Waals surface area contributed by atoms with Crippen LogP contribution < -0.4 is 5.73 Å². The molecule has 0 aromatic carbocycles. The predicted octanol–water partition coefficient (Wildman–Crippen LogP) is 1.80. The minimum atomic E-state index is 0.301. The molecule has 0 radical (unpaired) electrons. The van der Waals surface area contributed by atoms with Crippen LogP contribution >= 0.6 is 15.9 Å². The number of aromatic nitrogens is 2. The second kappa shape index (κ2) is 4.31. The van der Waals surface area contributed by atoms with Crippen molar-refractivity contribution in [3.8, 4) is 0 Å². The molecule has 0 aliphatic carbocycles. The number of halogens is 1. The van der Waals surface area contributed by atoms with Crippen molar-refractivity contribution >= 4 is 21.7 Å². The first-order valence-corrected chi connectivity index (χ1v) is 5.65. The van der Waals surface area contributed by atoms with Crippen molar-refractivity contribution in [1.82, 2.24) is 9.78 Å². The van der Waals surface area contributed by atoms with Crippen molar-refractivity contribution in [1.29, 1.82) is 0 Å². The minimum absolute atomic E-state index is 0.301. The van der Waals surface area contributed by atoms with Gasteiger partial charge in [-0.25, -0.2) is 0 Å². The van der Waals surface area contributed by atoms with Gasteiger partial charge in [0.2, 0.25) is 0 Å². The molecule has 1 aliphatic heterocycles. The molecule has 0 spiro atoms. The molecule has 1 aromatic heterocycles. The van der Waals surface area contributed by atoms with Gasteiger partial charge in [0.1, 0.15) is 0 Å². The van der Waals surface area contributed by atoms with Crippen LogP contribution in [0.15, 0.2) is 10.7 Å². The van der Waals surface area contributed by atoms with E-state index in [1.54, 1.807) is 0 Å². The largest absolute Gasteiger partial charge is 0.381 e. The molecule has 1 unspecified atom stereocenters. The zero-order valence-electron chi connectivity index (χ0n) is 7.95. The maximum absolute atomic E-state index is 5.63. The van der Waals surface area contributed by atoms with E-state index in [0.717, 1.165) is 24.0 Å². The van der Waals surface area contributed by atoms with Crippen molar-refractivity contribution < 1.29 is 4.74 Å². The number of hydrogen-bond acceptors (Lipinski definition) is 3. The number of ether oxygens (including phenoxy) is 1. The highest BCUT2D eigenvalue weighted by Crippen LogP contribution is 2.19. The summed E-state index contributed by atoms with van der Waals surface area (Å²) in [4.78, 5) is 0. The van der Waals surface area contributed by atoms with E-state index in [4.69, 9.17) is 10.5 Å². The lowest BCUT2D eigenvalue weighted by Gasteiger charge is -2.22. The van der Waals surface area contributed by atoms with Crippen molar-refractivity contribution in [2.45, 2.75) is 31.9 Å². The molecule has 1 aliphatic rings. The van der Waals surface area contributed by atoms with Gasteiger partial charge in [-0.1, -0.05) is 0 Å². The second-order valence-electron chi connectivity index (χ2n) is 3.57. The second-order valence-corrected chi connectivity index (χ2v) is 4.43. The van der Waals surface area contributed by atoms with Crippen molar-refractivity contribution in [2.75, 3.05) is 12.3 Å². The summed E-state index contributed by atoms with van der Waals surface area (Å²) in [6, 6.07) is 0. The van der Waals surface area contributed by atoms with Crippen LogP contribution in [0.1, 0.15) is 19.3 Å². The summed E-state index contributed by atoms with van der Waals surface area (Å²) < 4.78 is 8.31. The van der Waals surface area contributed by atoms with Gasteiger partial charge in [-0.2, -0.15) is 5.10 Å². The Balaban J connectivity index is 1.95. The van der Waals surface area contributed by atoms with E-state index in [0.29, 0.717) is 11.9 Å². The van der Waals surface area contributed by atoms with E-state index in [9.17, 15) is 0 Å². The third-order valence-electron chi connectivity index (χ3n) is 2.41. The van der Waals surface area contributed by atoms with Gasteiger partial charge >= 0.3 is 0 Å². The lowest BCUT2D eigenvalue weighted by molar-refractivity contribution is 0.00404. The highest BCUT2D eigenvalue weighted by atomic mass is 79.9. The quantitative estimate of drug-likeness (QED) is 0.882. The zero-order valence-corrected chi connectivity index (χ0v) is 9.53. The van der Waals surface area contributed by atoms with Crippen LogP contribution in [-0.2, 0) is 11.3 Å². The van der Waals surface area contributed by atoms with Gasteiger partial charge in [0.25, 0.3) is 0 Å². The Bertz CT molecular complexity index is 288. The Morgan fingerprint density at radius 1 is 1.64 bits per heavy atom. The maximum atomic E-state index is 5.63. The van der Waals surface area contributed by atoms with Crippen LogP contribution in [0.5, 0.6) is 0 Å². The van der Waals surface area contributed by atoms with Gasteiger partial charge < -0.3 is 10.5 Å². The fraction of sp³-hybridized carbons (Fsp3) is 0.667. The van der Waals surface area contributed by atoms with Gasteiger partial charge in [0.15, 0.2) is 5.82 Å². The third-order valence-corrected chi connectivity index (χ3v) is 3.02. The topological polar surface area (TPSA) is 53.1 Å². The monoisotopic (exact) mass is 259 g/mol. The number of nitrogens with two attached hydrogens (primary N) is 1. The smallest absolute Gasteiger partial charge is 0.159 e. The maximum Gasteiger partial charge on any atom is 0.159 e. The van der Waals surface area contributed by atoms with Crippen LogP contribution in [0.25, 0.3) is 0 Å². The molecule has 2 heterocycles. The average molecular weight is 260 g/mol. The molecule has 0 bridgehead atoms. The lowest BCUT2D eigenvalue weighted by atomic mass is 10.1. The molecule has 0 amide bonds. The Morgan fingerprint density at radius 2 is 2.50 bits per heavy atom. The first-order chi connectivity index (χ1) is 6.75. The molecular formula is C9H14BrN3O. The fourth-order valence-corrected chi connectivity index (χ4v) is 1.98. The Labute approximate surface area is 91.5 Å². The molecular weight excluding hydrogens is 246 g/mol. The number of hydrogen-bond donors (Lipinski definition) is 1. The van der Waals surface area contributed by atoms with Crippen LogP contribution in [0.4, 0.5) is 5.82 Å². The number of nitrogens with zero attached hydrogens (tertiary/aromatic N) is 2. The molecule has 4 nitrogen and oxygen atoms in total. The summed E-state index contributed by atoms with van der Waals surface area (Å²) in [5.74, 6) is 0.542. The standard InChI is InChI=1S/C9H14BrN3O/c10-8-6-13(12-9(8)11)5-7-3-1-2-4-14-7/h6-7H,1-5H2,(H2,11,12). The van der Waals surface area contributed by atoms with E-state index in [-0.39, 0.29) is 0 Å². The van der Waals surface area contributed by atoms with E-state index >= 15 is 0 Å². The summed E-state index contributed by atoms with van der Waals surface area (Å²) >= 11 is 3.33. The molecule has 5 heteroatoms. The molecule has 14 heavy (non-hydrogen) atoms. The van der Waals surface area contributed by atoms with Crippen LogP contribution in [-0.4, -0.2) is 22.5 Å². The van der Waals surface area contributed by atoms with Gasteiger partial charge in [-0.05, 0) is 35.2 Å². The summed E-state index contributed by atoms with van der Waals surface area (Å²) in [5, 5.41) is 4.17. The van der Waals surface area contributed by atoms with Crippen molar-refractivity contribution in [3.05, 3.63) is 10.7 Å². The number of anilines is 1. The Hall–Kier alpha value is -0.550. The average Bonchev–Trinajstić information content (AvgIpc) is 2.47. The lowest BCUT2D eigenvalue weighted by Crippen LogP contribution is -2.24. The fourth-order valence-electron chi connectivity index (χ4n) is 1.67. The summed E-state index contributed by atoms with van der Waals surface area (Å²) in [7, 11) is 0. The summed E-state index contributed by atoms with van der Waals surface area (Å²) in [6.45, 7) is 1.68. The van der Waals surface area contributed by atoms with E-state index < -0.39 is 0 Å². The van der Waals surface area contributed by atoms with Crippen LogP contribution in [0, 0.1) is 0 Å².